The molecule has 0 aliphatic heterocycles. The summed E-state index contributed by atoms with van der Waals surface area (Å²) < 4.78 is 5.20. The molecule has 0 radical (unpaired) electrons. The fourth-order valence-corrected chi connectivity index (χ4v) is 5.11. The monoisotopic (exact) mass is 556 g/mol. The molecule has 0 fully saturated rings. The second-order valence-corrected chi connectivity index (χ2v) is 10.6. The highest BCUT2D eigenvalue weighted by molar-refractivity contribution is 7.18. The third-order valence-corrected chi connectivity index (χ3v) is 7.58. The molecule has 0 aliphatic carbocycles. The first-order valence-corrected chi connectivity index (χ1v) is 14.6. The fraction of sp³-hybridized carbons (Fsp3) is 0.312. The van der Waals surface area contributed by atoms with E-state index in [4.69, 9.17) is 4.74 Å². The molecule has 40 heavy (non-hydrogen) atoms. The molecule has 4 aromatic rings. The highest BCUT2D eigenvalue weighted by Crippen LogP contribution is 2.27. The summed E-state index contributed by atoms with van der Waals surface area (Å²) in [7, 11) is 1.62. The summed E-state index contributed by atoms with van der Waals surface area (Å²) in [5.74, 6) is 0.485. The van der Waals surface area contributed by atoms with Gasteiger partial charge in [0.1, 0.15) is 10.8 Å². The molecular formula is C32H36N4O3S. The number of aryl methyl sites for hydroxylation is 1. The van der Waals surface area contributed by atoms with Crippen LogP contribution in [0.15, 0.2) is 78.9 Å². The van der Waals surface area contributed by atoms with Gasteiger partial charge in [0.05, 0.1) is 7.11 Å². The number of hydrogen-bond donors (Lipinski definition) is 1. The Kier molecular flexibility index (Phi) is 10.8. The van der Waals surface area contributed by atoms with Gasteiger partial charge in [-0.25, -0.2) is 0 Å². The first kappa shape index (κ1) is 29.0. The van der Waals surface area contributed by atoms with Crippen LogP contribution < -0.4 is 10.1 Å². The van der Waals surface area contributed by atoms with Crippen molar-refractivity contribution in [1.82, 2.24) is 15.1 Å². The lowest BCUT2D eigenvalue weighted by Gasteiger charge is -2.23. The van der Waals surface area contributed by atoms with Gasteiger partial charge in [-0.15, -0.1) is 10.2 Å². The van der Waals surface area contributed by atoms with Crippen molar-refractivity contribution in [3.05, 3.63) is 95.6 Å². The van der Waals surface area contributed by atoms with Crippen LogP contribution in [0.5, 0.6) is 5.75 Å². The molecule has 208 valence electrons. The minimum atomic E-state index is -0.207. The number of carbonyl (C=O) groups is 2. The zero-order valence-corrected chi connectivity index (χ0v) is 24.0. The van der Waals surface area contributed by atoms with E-state index >= 15 is 0 Å². The Bertz CT molecular complexity index is 1360. The number of anilines is 1. The predicted octanol–water partition coefficient (Wildman–Crippen LogP) is 6.66. The number of aromatic nitrogens is 2. The van der Waals surface area contributed by atoms with E-state index < -0.39 is 0 Å². The summed E-state index contributed by atoms with van der Waals surface area (Å²) in [6.07, 6.45) is 5.43. The molecule has 1 aromatic heterocycles. The molecule has 0 bridgehead atoms. The molecule has 1 heterocycles. The van der Waals surface area contributed by atoms with Crippen LogP contribution in [0.2, 0.25) is 0 Å². The number of amides is 2. The summed E-state index contributed by atoms with van der Waals surface area (Å²) >= 11 is 1.31. The molecule has 2 amide bonds. The minimum Gasteiger partial charge on any atom is -0.497 e. The molecule has 0 unspecified atom stereocenters. The lowest BCUT2D eigenvalue weighted by Crippen LogP contribution is -2.35. The van der Waals surface area contributed by atoms with E-state index in [0.717, 1.165) is 29.7 Å². The van der Waals surface area contributed by atoms with Crippen molar-refractivity contribution >= 4 is 28.3 Å². The normalized spacial score (nSPS) is 10.8. The van der Waals surface area contributed by atoms with Crippen molar-refractivity contribution in [2.75, 3.05) is 25.5 Å². The second-order valence-electron chi connectivity index (χ2n) is 9.62. The van der Waals surface area contributed by atoms with E-state index in [1.165, 1.54) is 29.7 Å². The number of hydrogen-bond acceptors (Lipinski definition) is 6. The molecular weight excluding hydrogens is 520 g/mol. The Morgan fingerprint density at radius 1 is 0.850 bits per heavy atom. The van der Waals surface area contributed by atoms with E-state index in [2.05, 4.69) is 34.6 Å². The first-order valence-electron chi connectivity index (χ1n) is 13.8. The van der Waals surface area contributed by atoms with Crippen LogP contribution in [0.4, 0.5) is 5.13 Å². The number of methoxy groups -OCH3 is 1. The zero-order chi connectivity index (χ0) is 28.2. The van der Waals surface area contributed by atoms with Gasteiger partial charge in [0.15, 0.2) is 0 Å². The SMILES string of the molecule is CCCCCc1ccc(C(=O)N(CCC(=O)Nc2nnc(-c3ccc(OC)cc3)s2)CCc2ccccc2)cc1. The summed E-state index contributed by atoms with van der Waals surface area (Å²) in [4.78, 5) is 28.1. The molecule has 0 saturated heterocycles. The maximum absolute atomic E-state index is 13.5. The highest BCUT2D eigenvalue weighted by atomic mass is 32.1. The second kappa shape index (κ2) is 14.9. The Morgan fingerprint density at radius 2 is 1.57 bits per heavy atom. The predicted molar refractivity (Wildman–Crippen MR) is 161 cm³/mol. The number of ether oxygens (including phenoxy) is 1. The maximum Gasteiger partial charge on any atom is 0.253 e. The Hall–Kier alpha value is -4.04. The van der Waals surface area contributed by atoms with Crippen LogP contribution >= 0.6 is 11.3 Å². The maximum atomic E-state index is 13.5. The van der Waals surface area contributed by atoms with Crippen molar-refractivity contribution in [2.24, 2.45) is 0 Å². The Labute approximate surface area is 240 Å². The van der Waals surface area contributed by atoms with Crippen LogP contribution in [0.25, 0.3) is 10.6 Å². The Morgan fingerprint density at radius 3 is 2.27 bits per heavy atom. The average molecular weight is 557 g/mol. The molecule has 0 atom stereocenters. The van der Waals surface area contributed by atoms with E-state index in [9.17, 15) is 9.59 Å². The first-order chi connectivity index (χ1) is 19.6. The minimum absolute atomic E-state index is 0.0680. The van der Waals surface area contributed by atoms with Crippen LogP contribution in [0.1, 0.15) is 54.1 Å². The summed E-state index contributed by atoms with van der Waals surface area (Å²) in [6.45, 7) is 3.02. The quantitative estimate of drug-likeness (QED) is 0.176. The van der Waals surface area contributed by atoms with Crippen molar-refractivity contribution in [1.29, 1.82) is 0 Å². The van der Waals surface area contributed by atoms with E-state index in [-0.39, 0.29) is 18.2 Å². The molecule has 0 saturated carbocycles. The molecule has 4 rings (SSSR count). The highest BCUT2D eigenvalue weighted by Gasteiger charge is 2.18. The number of carbonyl (C=O) groups excluding carboxylic acids is 2. The number of nitrogens with one attached hydrogen (secondary N) is 1. The Balaban J connectivity index is 1.37. The van der Waals surface area contributed by atoms with Gasteiger partial charge in [-0.1, -0.05) is 73.6 Å². The standard InChI is InChI=1S/C32H36N4O3S/c1-3-4-6-9-25-12-14-27(15-13-25)31(38)36(22-20-24-10-7-5-8-11-24)23-21-29(37)33-32-35-34-30(40-32)26-16-18-28(39-2)19-17-26/h5,7-8,10-19H,3-4,6,9,20-23H2,1-2H3,(H,33,35,37). The van der Waals surface area contributed by atoms with Gasteiger partial charge in [-0.3, -0.25) is 9.59 Å². The number of unbranched alkanes of at least 4 members (excludes halogenated alkanes) is 2. The summed E-state index contributed by atoms with van der Waals surface area (Å²) in [5.41, 5.74) is 3.93. The lowest BCUT2D eigenvalue weighted by atomic mass is 10.0. The molecule has 0 spiro atoms. The number of rotatable bonds is 14. The van der Waals surface area contributed by atoms with Gasteiger partial charge in [-0.05, 0) is 66.8 Å². The van der Waals surface area contributed by atoms with Gasteiger partial charge in [0.25, 0.3) is 5.91 Å². The van der Waals surface area contributed by atoms with Crippen molar-refractivity contribution in [3.63, 3.8) is 0 Å². The third kappa shape index (κ3) is 8.48. The van der Waals surface area contributed by atoms with Crippen LogP contribution in [-0.2, 0) is 17.6 Å². The largest absolute Gasteiger partial charge is 0.497 e. The van der Waals surface area contributed by atoms with Crippen LogP contribution in [0.3, 0.4) is 0 Å². The van der Waals surface area contributed by atoms with Gasteiger partial charge >= 0.3 is 0 Å². The summed E-state index contributed by atoms with van der Waals surface area (Å²) in [6, 6.07) is 25.5. The molecule has 1 N–H and O–H groups in total. The average Bonchev–Trinajstić information content (AvgIpc) is 3.46. The zero-order valence-electron chi connectivity index (χ0n) is 23.1. The van der Waals surface area contributed by atoms with Crippen LogP contribution in [-0.4, -0.2) is 47.1 Å². The van der Waals surface area contributed by atoms with Gasteiger partial charge in [0, 0.05) is 30.6 Å². The van der Waals surface area contributed by atoms with Crippen molar-refractivity contribution < 1.29 is 14.3 Å². The smallest absolute Gasteiger partial charge is 0.253 e. The topological polar surface area (TPSA) is 84.4 Å². The lowest BCUT2D eigenvalue weighted by molar-refractivity contribution is -0.116. The number of benzene rings is 3. The number of nitrogens with zero attached hydrogens (tertiary/aromatic N) is 3. The van der Waals surface area contributed by atoms with Crippen LogP contribution in [0, 0.1) is 0 Å². The third-order valence-electron chi connectivity index (χ3n) is 6.69. The van der Waals surface area contributed by atoms with Gasteiger partial charge in [-0.2, -0.15) is 0 Å². The van der Waals surface area contributed by atoms with Crippen molar-refractivity contribution in [2.45, 2.75) is 45.4 Å². The van der Waals surface area contributed by atoms with E-state index in [1.807, 2.05) is 66.7 Å². The molecule has 3 aromatic carbocycles. The van der Waals surface area contributed by atoms with E-state index in [1.54, 1.807) is 12.0 Å². The van der Waals surface area contributed by atoms with Crippen molar-refractivity contribution in [3.8, 4) is 16.3 Å². The summed E-state index contributed by atoms with van der Waals surface area (Å²) in [5, 5.41) is 12.3. The van der Waals surface area contributed by atoms with Gasteiger partial charge < -0.3 is 15.0 Å². The fourth-order valence-electron chi connectivity index (χ4n) is 4.34. The van der Waals surface area contributed by atoms with E-state index in [0.29, 0.717) is 35.2 Å². The molecule has 0 aliphatic rings. The van der Waals surface area contributed by atoms with Gasteiger partial charge in [0.2, 0.25) is 11.0 Å². The molecule has 7 nitrogen and oxygen atoms in total. The molecule has 8 heteroatoms.